The number of nitrogens with zero attached hydrogens (tertiary/aromatic N) is 2. The van der Waals surface area contributed by atoms with Crippen molar-refractivity contribution < 1.29 is 4.79 Å². The van der Waals surface area contributed by atoms with Crippen LogP contribution in [0.2, 0.25) is 0 Å². The lowest BCUT2D eigenvalue weighted by Gasteiger charge is -2.21. The number of carbonyl (C=O) groups is 1. The van der Waals surface area contributed by atoms with Gasteiger partial charge in [0.1, 0.15) is 5.65 Å². The molecule has 136 valence electrons. The second-order valence-electron chi connectivity index (χ2n) is 7.34. The van der Waals surface area contributed by atoms with Gasteiger partial charge in [0.05, 0.1) is 5.69 Å². The van der Waals surface area contributed by atoms with Gasteiger partial charge < -0.3 is 9.72 Å². The summed E-state index contributed by atoms with van der Waals surface area (Å²) in [6, 6.07) is 14.4. The number of hydrogen-bond acceptors (Lipinski definition) is 2. The largest absolute Gasteiger partial charge is 0.353 e. The van der Waals surface area contributed by atoms with Crippen LogP contribution >= 0.6 is 0 Å². The molecule has 3 rings (SSSR count). The van der Waals surface area contributed by atoms with Crippen molar-refractivity contribution >= 4 is 11.6 Å². The Labute approximate surface area is 155 Å². The molecule has 0 unspecified atom stereocenters. The van der Waals surface area contributed by atoms with E-state index in [1.165, 1.54) is 0 Å². The van der Waals surface area contributed by atoms with E-state index in [4.69, 9.17) is 0 Å². The first-order valence-electron chi connectivity index (χ1n) is 9.24. The molecule has 0 aliphatic heterocycles. The van der Waals surface area contributed by atoms with Crippen LogP contribution in [0, 0.1) is 12.8 Å². The van der Waals surface area contributed by atoms with Crippen molar-refractivity contribution in [3.8, 4) is 0 Å². The molecule has 0 saturated heterocycles. The van der Waals surface area contributed by atoms with E-state index in [1.807, 2.05) is 36.7 Å². The third-order valence-electron chi connectivity index (χ3n) is 5.10. The first-order chi connectivity index (χ1) is 12.5. The highest BCUT2D eigenvalue weighted by Gasteiger charge is 2.23. The van der Waals surface area contributed by atoms with E-state index in [2.05, 4.69) is 60.6 Å². The average molecular weight is 349 g/mol. The zero-order chi connectivity index (χ0) is 18.7. The first-order valence-corrected chi connectivity index (χ1v) is 9.24. The minimum absolute atomic E-state index is 0.0348. The minimum Gasteiger partial charge on any atom is -0.353 e. The molecule has 26 heavy (non-hydrogen) atoms. The molecule has 1 amide bonds. The van der Waals surface area contributed by atoms with Crippen molar-refractivity contribution in [2.75, 3.05) is 0 Å². The number of aromatic nitrogens is 2. The summed E-state index contributed by atoms with van der Waals surface area (Å²) >= 11 is 0. The maximum Gasteiger partial charge on any atom is 0.221 e. The monoisotopic (exact) mass is 349 g/mol. The van der Waals surface area contributed by atoms with Crippen LogP contribution in [0.1, 0.15) is 49.9 Å². The third-order valence-corrected chi connectivity index (χ3v) is 5.10. The van der Waals surface area contributed by atoms with Crippen LogP contribution in [0.25, 0.3) is 5.65 Å². The lowest BCUT2D eigenvalue weighted by molar-refractivity contribution is -0.122. The Kier molecular flexibility index (Phi) is 5.40. The Balaban J connectivity index is 1.96. The number of rotatable bonds is 6. The fraction of sp³-hybridized carbons (Fsp3) is 0.364. The zero-order valence-corrected chi connectivity index (χ0v) is 15.9. The molecule has 2 heterocycles. The van der Waals surface area contributed by atoms with E-state index < -0.39 is 0 Å². The molecule has 1 aromatic carbocycles. The predicted octanol–water partition coefficient (Wildman–Crippen LogP) is 4.33. The lowest BCUT2D eigenvalue weighted by atomic mass is 9.92. The Hall–Kier alpha value is -2.62. The van der Waals surface area contributed by atoms with Gasteiger partial charge in [0.15, 0.2) is 0 Å². The van der Waals surface area contributed by atoms with Crippen molar-refractivity contribution in [2.24, 2.45) is 5.92 Å². The number of fused-ring (bicyclic) bond motifs is 1. The van der Waals surface area contributed by atoms with E-state index in [-0.39, 0.29) is 17.9 Å². The van der Waals surface area contributed by atoms with Gasteiger partial charge in [-0.1, -0.05) is 50.2 Å². The fourth-order valence-electron chi connectivity index (χ4n) is 3.17. The summed E-state index contributed by atoms with van der Waals surface area (Å²) in [5.41, 5.74) is 4.24. The summed E-state index contributed by atoms with van der Waals surface area (Å²) in [5.74, 6) is 0.447. The van der Waals surface area contributed by atoms with Crippen molar-refractivity contribution in [3.63, 3.8) is 0 Å². The van der Waals surface area contributed by atoms with E-state index >= 15 is 0 Å². The van der Waals surface area contributed by atoms with E-state index in [0.29, 0.717) is 12.3 Å². The number of pyridine rings is 1. The highest BCUT2D eigenvalue weighted by molar-refractivity contribution is 5.77. The van der Waals surface area contributed by atoms with Gasteiger partial charge in [-0.05, 0) is 37.0 Å². The average Bonchev–Trinajstić information content (AvgIpc) is 3.05. The topological polar surface area (TPSA) is 46.4 Å². The number of nitrogens with one attached hydrogen (secondary N) is 1. The molecule has 0 radical (unpaired) electrons. The Morgan fingerprint density at radius 1 is 1.12 bits per heavy atom. The number of hydrogen-bond donors (Lipinski definition) is 1. The quantitative estimate of drug-likeness (QED) is 0.720. The summed E-state index contributed by atoms with van der Waals surface area (Å²) in [6.07, 6.45) is 4.33. The normalized spacial score (nSPS) is 13.7. The summed E-state index contributed by atoms with van der Waals surface area (Å²) in [4.78, 5) is 17.3. The molecule has 2 aromatic heterocycles. The Bertz CT molecular complexity index is 883. The molecule has 0 bridgehead atoms. The van der Waals surface area contributed by atoms with Gasteiger partial charge in [0.25, 0.3) is 0 Å². The van der Waals surface area contributed by atoms with Gasteiger partial charge in [0.2, 0.25) is 5.91 Å². The predicted molar refractivity (Wildman–Crippen MR) is 105 cm³/mol. The third kappa shape index (κ3) is 3.79. The Morgan fingerprint density at radius 2 is 1.85 bits per heavy atom. The number of carbonyl (C=O) groups excluding carboxylic acids is 1. The van der Waals surface area contributed by atoms with Gasteiger partial charge >= 0.3 is 0 Å². The highest BCUT2D eigenvalue weighted by Crippen LogP contribution is 2.29. The number of amides is 1. The van der Waals surface area contributed by atoms with Crippen LogP contribution in [0.15, 0.2) is 54.9 Å². The van der Waals surface area contributed by atoms with Crippen LogP contribution in [-0.4, -0.2) is 21.3 Å². The second-order valence-corrected chi connectivity index (χ2v) is 7.34. The van der Waals surface area contributed by atoms with Crippen molar-refractivity contribution in [2.45, 2.75) is 46.1 Å². The molecule has 2 atom stereocenters. The summed E-state index contributed by atoms with van der Waals surface area (Å²) < 4.78 is 2.10. The molecule has 3 aromatic rings. The van der Waals surface area contributed by atoms with Crippen LogP contribution in [0.3, 0.4) is 0 Å². The maximum atomic E-state index is 12.7. The second kappa shape index (κ2) is 7.73. The summed E-state index contributed by atoms with van der Waals surface area (Å²) in [7, 11) is 0. The van der Waals surface area contributed by atoms with Gasteiger partial charge in [-0.15, -0.1) is 0 Å². The first kappa shape index (κ1) is 18.2. The van der Waals surface area contributed by atoms with E-state index in [0.717, 1.165) is 22.5 Å². The molecule has 0 saturated carbocycles. The zero-order valence-electron chi connectivity index (χ0n) is 15.9. The molecule has 1 N–H and O–H groups in total. The van der Waals surface area contributed by atoms with Gasteiger partial charge in [-0.3, -0.25) is 4.79 Å². The number of imidazole rings is 1. The number of aryl methyl sites for hydroxylation is 1. The minimum atomic E-state index is -0.0348. The molecule has 0 aliphatic carbocycles. The van der Waals surface area contributed by atoms with Crippen molar-refractivity contribution in [1.29, 1.82) is 0 Å². The summed E-state index contributed by atoms with van der Waals surface area (Å²) in [5, 5.41) is 3.13. The van der Waals surface area contributed by atoms with Gasteiger partial charge in [-0.2, -0.15) is 0 Å². The van der Waals surface area contributed by atoms with Crippen LogP contribution in [-0.2, 0) is 4.79 Å². The molecule has 0 spiro atoms. The highest BCUT2D eigenvalue weighted by atomic mass is 16.1. The van der Waals surface area contributed by atoms with Crippen LogP contribution in [0.5, 0.6) is 0 Å². The molecular weight excluding hydrogens is 322 g/mol. The Morgan fingerprint density at radius 3 is 2.54 bits per heavy atom. The summed E-state index contributed by atoms with van der Waals surface area (Å²) in [6.45, 7) is 8.35. The van der Waals surface area contributed by atoms with E-state index in [9.17, 15) is 4.79 Å². The SMILES string of the molecule is Cc1cccn2c([C@H](CC(=O)N[C@@H](C)C(C)C)c3ccccc3)cnc12. The smallest absolute Gasteiger partial charge is 0.221 e. The lowest BCUT2D eigenvalue weighted by Crippen LogP contribution is -2.36. The van der Waals surface area contributed by atoms with Crippen LogP contribution < -0.4 is 5.32 Å². The molecule has 0 fully saturated rings. The number of benzene rings is 1. The molecule has 0 aliphatic rings. The maximum absolute atomic E-state index is 12.7. The fourth-order valence-corrected chi connectivity index (χ4v) is 3.17. The van der Waals surface area contributed by atoms with Crippen LogP contribution in [0.4, 0.5) is 0 Å². The molecular formula is C22H27N3O. The molecule has 4 heteroatoms. The van der Waals surface area contributed by atoms with Crippen molar-refractivity contribution in [3.05, 3.63) is 71.7 Å². The van der Waals surface area contributed by atoms with Gasteiger partial charge in [-0.25, -0.2) is 4.98 Å². The van der Waals surface area contributed by atoms with Crippen molar-refractivity contribution in [1.82, 2.24) is 14.7 Å². The van der Waals surface area contributed by atoms with Gasteiger partial charge in [0, 0.05) is 30.8 Å². The molecule has 4 nitrogen and oxygen atoms in total. The standard InChI is InChI=1S/C22H27N3O/c1-15(2)17(4)24-21(26)13-19(18-10-6-5-7-11-18)20-14-23-22-16(3)9-8-12-25(20)22/h5-12,14-15,17,19H,13H2,1-4H3,(H,24,26)/t17-,19+/m0/s1. The van der Waals surface area contributed by atoms with E-state index in [1.54, 1.807) is 0 Å².